The van der Waals surface area contributed by atoms with Crippen LogP contribution in [0.3, 0.4) is 0 Å². The van der Waals surface area contributed by atoms with E-state index in [0.29, 0.717) is 30.8 Å². The molecule has 0 unspecified atom stereocenters. The van der Waals surface area contributed by atoms with Crippen molar-refractivity contribution in [2.45, 2.75) is 13.0 Å². The lowest BCUT2D eigenvalue weighted by atomic mass is 10.1. The first-order valence-electron chi connectivity index (χ1n) is 9.85. The van der Waals surface area contributed by atoms with Crippen molar-refractivity contribution in [2.75, 3.05) is 38.2 Å². The number of ether oxygens (including phenoxy) is 2. The molecule has 0 spiro atoms. The summed E-state index contributed by atoms with van der Waals surface area (Å²) in [5, 5.41) is 8.94. The second kappa shape index (κ2) is 10.4. The van der Waals surface area contributed by atoms with Crippen molar-refractivity contribution in [2.24, 2.45) is 0 Å². The van der Waals surface area contributed by atoms with E-state index in [4.69, 9.17) is 10.00 Å². The number of carbonyl (C=O) groups is 1. The predicted octanol–water partition coefficient (Wildman–Crippen LogP) is 3.92. The first kappa shape index (κ1) is 22.1. The maximum atomic E-state index is 12.8. The number of hydrogen-bond donors (Lipinski definition) is 0. The summed E-state index contributed by atoms with van der Waals surface area (Å²) in [6.07, 6.45) is 3.62. The highest BCUT2D eigenvalue weighted by molar-refractivity contribution is 5.92. The SMILES string of the molecule is COc1cccc(/C=C/C(=O)N2CCCN(c3ccc(C#N)cc3)CC2)c1OC(F)F. The molecule has 0 aromatic heterocycles. The number of nitrogens with zero attached hydrogens (tertiary/aromatic N) is 3. The number of alkyl halides is 2. The number of methoxy groups -OCH3 is 1. The highest BCUT2D eigenvalue weighted by atomic mass is 19.3. The summed E-state index contributed by atoms with van der Waals surface area (Å²) >= 11 is 0. The smallest absolute Gasteiger partial charge is 0.387 e. The molecular formula is C23H23F2N3O3. The molecule has 31 heavy (non-hydrogen) atoms. The summed E-state index contributed by atoms with van der Waals surface area (Å²) in [6, 6.07) is 14.2. The molecular weight excluding hydrogens is 404 g/mol. The third-order valence-corrected chi connectivity index (χ3v) is 5.01. The second-order valence-corrected chi connectivity index (χ2v) is 6.92. The number of para-hydroxylation sites is 1. The molecule has 0 aliphatic carbocycles. The van der Waals surface area contributed by atoms with Crippen LogP contribution in [0.4, 0.5) is 14.5 Å². The van der Waals surface area contributed by atoms with Crippen molar-refractivity contribution in [3.05, 3.63) is 59.7 Å². The molecule has 1 amide bonds. The number of carbonyl (C=O) groups excluding carboxylic acids is 1. The normalized spacial score (nSPS) is 14.4. The zero-order valence-electron chi connectivity index (χ0n) is 17.1. The van der Waals surface area contributed by atoms with Crippen LogP contribution in [0.25, 0.3) is 6.08 Å². The first-order valence-corrected chi connectivity index (χ1v) is 9.85. The van der Waals surface area contributed by atoms with Crippen LogP contribution in [-0.2, 0) is 4.79 Å². The van der Waals surface area contributed by atoms with Crippen molar-refractivity contribution in [3.63, 3.8) is 0 Å². The number of nitriles is 1. The van der Waals surface area contributed by atoms with Crippen molar-refractivity contribution in [1.29, 1.82) is 5.26 Å². The Kier molecular flexibility index (Phi) is 7.44. The molecule has 1 saturated heterocycles. The van der Waals surface area contributed by atoms with E-state index in [9.17, 15) is 13.6 Å². The molecule has 8 heteroatoms. The van der Waals surface area contributed by atoms with Gasteiger partial charge in [-0.05, 0) is 42.8 Å². The molecule has 1 aliphatic rings. The van der Waals surface area contributed by atoms with E-state index in [1.54, 1.807) is 29.2 Å². The Morgan fingerprint density at radius 2 is 1.90 bits per heavy atom. The van der Waals surface area contributed by atoms with Gasteiger partial charge in [0.1, 0.15) is 0 Å². The van der Waals surface area contributed by atoms with Gasteiger partial charge in [-0.25, -0.2) is 0 Å². The zero-order valence-corrected chi connectivity index (χ0v) is 17.1. The number of rotatable bonds is 6. The van der Waals surface area contributed by atoms with Gasteiger partial charge in [-0.1, -0.05) is 12.1 Å². The van der Waals surface area contributed by atoms with Gasteiger partial charge in [-0.15, -0.1) is 0 Å². The molecule has 0 atom stereocenters. The molecule has 0 saturated carbocycles. The Morgan fingerprint density at radius 3 is 2.58 bits per heavy atom. The average molecular weight is 427 g/mol. The van der Waals surface area contributed by atoms with Gasteiger partial charge in [0.05, 0.1) is 18.7 Å². The summed E-state index contributed by atoms with van der Waals surface area (Å²) in [7, 11) is 1.36. The van der Waals surface area contributed by atoms with Gasteiger partial charge in [0.15, 0.2) is 11.5 Å². The molecule has 0 bridgehead atoms. The lowest BCUT2D eigenvalue weighted by molar-refractivity contribution is -0.125. The fourth-order valence-corrected chi connectivity index (χ4v) is 3.45. The third-order valence-electron chi connectivity index (χ3n) is 5.01. The topological polar surface area (TPSA) is 65.8 Å². The fraction of sp³-hybridized carbons (Fsp3) is 0.304. The van der Waals surface area contributed by atoms with Crippen LogP contribution in [-0.4, -0.2) is 50.7 Å². The van der Waals surface area contributed by atoms with Gasteiger partial charge in [0.2, 0.25) is 5.91 Å². The lowest BCUT2D eigenvalue weighted by Crippen LogP contribution is -2.34. The van der Waals surface area contributed by atoms with Crippen LogP contribution in [0.5, 0.6) is 11.5 Å². The quantitative estimate of drug-likeness (QED) is 0.654. The molecule has 1 fully saturated rings. The average Bonchev–Trinajstić information content (AvgIpc) is 3.04. The second-order valence-electron chi connectivity index (χ2n) is 6.92. The third kappa shape index (κ3) is 5.72. The predicted molar refractivity (Wildman–Crippen MR) is 113 cm³/mol. The minimum Gasteiger partial charge on any atom is -0.493 e. The molecule has 0 N–H and O–H groups in total. The Hall–Kier alpha value is -3.60. The van der Waals surface area contributed by atoms with Gasteiger partial charge >= 0.3 is 6.61 Å². The van der Waals surface area contributed by atoms with Gasteiger partial charge < -0.3 is 19.3 Å². The molecule has 162 valence electrons. The van der Waals surface area contributed by atoms with Crippen LogP contribution in [0, 0.1) is 11.3 Å². The molecule has 6 nitrogen and oxygen atoms in total. The van der Waals surface area contributed by atoms with E-state index < -0.39 is 6.61 Å². The summed E-state index contributed by atoms with van der Waals surface area (Å²) in [4.78, 5) is 16.6. The van der Waals surface area contributed by atoms with E-state index in [0.717, 1.165) is 18.7 Å². The van der Waals surface area contributed by atoms with E-state index in [2.05, 4.69) is 15.7 Å². The minimum absolute atomic E-state index is 0.105. The molecule has 2 aromatic carbocycles. The Labute approximate surface area is 179 Å². The largest absolute Gasteiger partial charge is 0.493 e. The maximum absolute atomic E-state index is 12.8. The summed E-state index contributed by atoms with van der Waals surface area (Å²) < 4.78 is 35.2. The number of halogens is 2. The molecule has 1 heterocycles. The summed E-state index contributed by atoms with van der Waals surface area (Å²) in [5.74, 6) is -0.137. The van der Waals surface area contributed by atoms with Crippen LogP contribution in [0.2, 0.25) is 0 Å². The van der Waals surface area contributed by atoms with E-state index in [1.165, 1.54) is 25.3 Å². The Morgan fingerprint density at radius 1 is 1.13 bits per heavy atom. The van der Waals surface area contributed by atoms with Crippen molar-refractivity contribution >= 4 is 17.7 Å². The van der Waals surface area contributed by atoms with Crippen molar-refractivity contribution < 1.29 is 23.0 Å². The first-order chi connectivity index (χ1) is 15.0. The maximum Gasteiger partial charge on any atom is 0.387 e. The van der Waals surface area contributed by atoms with Crippen molar-refractivity contribution in [1.82, 2.24) is 4.90 Å². The fourth-order valence-electron chi connectivity index (χ4n) is 3.45. The van der Waals surface area contributed by atoms with Gasteiger partial charge in [0.25, 0.3) is 0 Å². The standard InChI is InChI=1S/C23H23F2N3O3/c1-30-20-5-2-4-18(22(20)31-23(24)25)8-11-21(29)28-13-3-12-27(14-15-28)19-9-6-17(16-26)7-10-19/h2,4-11,23H,3,12-15H2,1H3/b11-8+. The molecule has 0 radical (unpaired) electrons. The van der Waals surface area contributed by atoms with Gasteiger partial charge in [-0.3, -0.25) is 4.79 Å². The van der Waals surface area contributed by atoms with Crippen LogP contribution >= 0.6 is 0 Å². The van der Waals surface area contributed by atoms with Crippen LogP contribution < -0.4 is 14.4 Å². The number of amides is 1. The summed E-state index contributed by atoms with van der Waals surface area (Å²) in [6.45, 7) is -0.430. The molecule has 2 aromatic rings. The van der Waals surface area contributed by atoms with E-state index in [-0.39, 0.29) is 17.4 Å². The van der Waals surface area contributed by atoms with Crippen molar-refractivity contribution in [3.8, 4) is 17.6 Å². The molecule has 3 rings (SSSR count). The van der Waals surface area contributed by atoms with E-state index in [1.807, 2.05) is 12.1 Å². The monoisotopic (exact) mass is 427 g/mol. The number of anilines is 1. The lowest BCUT2D eigenvalue weighted by Gasteiger charge is -2.23. The highest BCUT2D eigenvalue weighted by Crippen LogP contribution is 2.33. The molecule has 1 aliphatic heterocycles. The zero-order chi connectivity index (χ0) is 22.2. The Bertz CT molecular complexity index is 971. The van der Waals surface area contributed by atoms with Crippen LogP contribution in [0.15, 0.2) is 48.5 Å². The number of hydrogen-bond acceptors (Lipinski definition) is 5. The van der Waals surface area contributed by atoms with Gasteiger partial charge in [-0.2, -0.15) is 14.0 Å². The highest BCUT2D eigenvalue weighted by Gasteiger charge is 2.19. The summed E-state index contributed by atoms with van der Waals surface area (Å²) in [5.41, 5.74) is 1.95. The van der Waals surface area contributed by atoms with Gasteiger partial charge in [0, 0.05) is 43.5 Å². The minimum atomic E-state index is -3.00. The van der Waals surface area contributed by atoms with Crippen LogP contribution in [0.1, 0.15) is 17.5 Å². The van der Waals surface area contributed by atoms with E-state index >= 15 is 0 Å². The number of benzene rings is 2. The Balaban J connectivity index is 1.67.